The monoisotopic (exact) mass is 283 g/mol. The number of piperidine rings is 1. The van der Waals surface area contributed by atoms with Crippen LogP contribution < -0.4 is 0 Å². The molecule has 2 rings (SSSR count). The molecule has 0 N–H and O–H groups in total. The van der Waals surface area contributed by atoms with Crippen molar-refractivity contribution in [3.05, 3.63) is 0 Å². The lowest BCUT2D eigenvalue weighted by Gasteiger charge is -2.31. The molecule has 2 fully saturated rings. The predicted octanol–water partition coefficient (Wildman–Crippen LogP) is 1.75. The molecule has 1 amide bonds. The molecule has 1 unspecified atom stereocenters. The van der Waals surface area contributed by atoms with Crippen LogP contribution in [0.3, 0.4) is 0 Å². The van der Waals surface area contributed by atoms with E-state index in [2.05, 4.69) is 0 Å². The Kier molecular flexibility index (Phi) is 5.83. The Hall–Kier alpha value is -1.10. The summed E-state index contributed by atoms with van der Waals surface area (Å²) < 4.78 is 10.4. The second-order valence-electron chi connectivity index (χ2n) is 5.71. The van der Waals surface area contributed by atoms with Crippen LogP contribution in [0.2, 0.25) is 0 Å². The zero-order valence-electron chi connectivity index (χ0n) is 12.3. The van der Waals surface area contributed by atoms with Crippen LogP contribution in [-0.2, 0) is 19.1 Å². The molecule has 0 aromatic carbocycles. The molecule has 0 aromatic rings. The van der Waals surface area contributed by atoms with Gasteiger partial charge in [0.05, 0.1) is 19.1 Å². The van der Waals surface area contributed by atoms with Gasteiger partial charge in [-0.05, 0) is 38.5 Å². The first kappa shape index (κ1) is 15.3. The van der Waals surface area contributed by atoms with Gasteiger partial charge in [0.15, 0.2) is 0 Å². The Labute approximate surface area is 120 Å². The number of rotatable bonds is 4. The van der Waals surface area contributed by atoms with Crippen molar-refractivity contribution in [2.24, 2.45) is 5.92 Å². The predicted molar refractivity (Wildman–Crippen MR) is 74.1 cm³/mol. The van der Waals surface area contributed by atoms with Gasteiger partial charge in [-0.25, -0.2) is 0 Å². The van der Waals surface area contributed by atoms with Crippen molar-refractivity contribution in [1.29, 1.82) is 0 Å². The number of hydrogen-bond donors (Lipinski definition) is 0. The highest BCUT2D eigenvalue weighted by molar-refractivity contribution is 5.77. The number of ether oxygens (including phenoxy) is 2. The molecule has 1 atom stereocenters. The fraction of sp³-hybridized carbons (Fsp3) is 0.867. The fourth-order valence-corrected chi connectivity index (χ4v) is 3.01. The second-order valence-corrected chi connectivity index (χ2v) is 5.71. The molecular weight excluding hydrogens is 258 g/mol. The van der Waals surface area contributed by atoms with E-state index >= 15 is 0 Å². The average Bonchev–Trinajstić information content (AvgIpc) is 2.53. The van der Waals surface area contributed by atoms with E-state index < -0.39 is 0 Å². The topological polar surface area (TPSA) is 55.8 Å². The molecule has 2 aliphatic heterocycles. The van der Waals surface area contributed by atoms with Crippen LogP contribution in [0, 0.1) is 5.92 Å². The van der Waals surface area contributed by atoms with Crippen LogP contribution in [0.4, 0.5) is 0 Å². The number of nitrogens with zero attached hydrogens (tertiary/aromatic N) is 1. The first-order chi connectivity index (χ1) is 9.70. The van der Waals surface area contributed by atoms with Crippen LogP contribution in [0.25, 0.3) is 0 Å². The SMILES string of the molecule is COC(=O)C1CCN(C(=O)CCC2CCCCO2)CC1. The lowest BCUT2D eigenvalue weighted by molar-refractivity contribution is -0.149. The van der Waals surface area contributed by atoms with Crippen molar-refractivity contribution in [3.8, 4) is 0 Å². The molecule has 2 heterocycles. The normalized spacial score (nSPS) is 24.4. The van der Waals surface area contributed by atoms with Gasteiger partial charge >= 0.3 is 5.97 Å². The summed E-state index contributed by atoms with van der Waals surface area (Å²) in [6, 6.07) is 0. The Morgan fingerprint density at radius 1 is 1.20 bits per heavy atom. The van der Waals surface area contributed by atoms with Crippen molar-refractivity contribution in [1.82, 2.24) is 4.90 Å². The molecule has 0 aromatic heterocycles. The summed E-state index contributed by atoms with van der Waals surface area (Å²) in [5.74, 6) is 0.0147. The number of carbonyl (C=O) groups excluding carboxylic acids is 2. The van der Waals surface area contributed by atoms with E-state index in [0.29, 0.717) is 19.5 Å². The first-order valence-corrected chi connectivity index (χ1v) is 7.68. The maximum atomic E-state index is 12.1. The number of hydrogen-bond acceptors (Lipinski definition) is 4. The van der Waals surface area contributed by atoms with Gasteiger partial charge in [-0.3, -0.25) is 9.59 Å². The van der Waals surface area contributed by atoms with Gasteiger partial charge in [0.25, 0.3) is 0 Å². The molecule has 5 nitrogen and oxygen atoms in total. The van der Waals surface area contributed by atoms with Gasteiger partial charge in [0, 0.05) is 26.1 Å². The van der Waals surface area contributed by atoms with Crippen LogP contribution in [0.15, 0.2) is 0 Å². The van der Waals surface area contributed by atoms with Crippen molar-refractivity contribution >= 4 is 11.9 Å². The largest absolute Gasteiger partial charge is 0.469 e. The summed E-state index contributed by atoms with van der Waals surface area (Å²) in [5.41, 5.74) is 0. The van der Waals surface area contributed by atoms with Crippen molar-refractivity contribution in [2.45, 2.75) is 51.0 Å². The molecule has 0 radical (unpaired) electrons. The third-order valence-corrected chi connectivity index (χ3v) is 4.34. The summed E-state index contributed by atoms with van der Waals surface area (Å²) in [7, 11) is 1.42. The van der Waals surface area contributed by atoms with Gasteiger partial charge in [0.2, 0.25) is 5.91 Å². The number of amides is 1. The zero-order valence-corrected chi connectivity index (χ0v) is 12.3. The zero-order chi connectivity index (χ0) is 14.4. The van der Waals surface area contributed by atoms with Crippen LogP contribution in [-0.4, -0.2) is 49.7 Å². The molecular formula is C15H25NO4. The maximum absolute atomic E-state index is 12.1. The van der Waals surface area contributed by atoms with Gasteiger partial charge < -0.3 is 14.4 Å². The number of likely N-dealkylation sites (tertiary alicyclic amines) is 1. The minimum absolute atomic E-state index is 0.0364. The van der Waals surface area contributed by atoms with E-state index in [0.717, 1.165) is 38.7 Å². The Morgan fingerprint density at radius 2 is 1.95 bits per heavy atom. The first-order valence-electron chi connectivity index (χ1n) is 7.68. The van der Waals surface area contributed by atoms with E-state index in [9.17, 15) is 9.59 Å². The van der Waals surface area contributed by atoms with E-state index in [4.69, 9.17) is 9.47 Å². The van der Waals surface area contributed by atoms with Crippen molar-refractivity contribution in [3.63, 3.8) is 0 Å². The van der Waals surface area contributed by atoms with Crippen LogP contribution in [0.1, 0.15) is 44.9 Å². The highest BCUT2D eigenvalue weighted by Gasteiger charge is 2.28. The number of esters is 1. The molecule has 114 valence electrons. The van der Waals surface area contributed by atoms with Crippen LogP contribution >= 0.6 is 0 Å². The summed E-state index contributed by atoms with van der Waals surface area (Å²) in [4.78, 5) is 25.5. The molecule has 20 heavy (non-hydrogen) atoms. The quantitative estimate of drug-likeness (QED) is 0.738. The summed E-state index contributed by atoms with van der Waals surface area (Å²) in [6.07, 6.45) is 6.53. The molecule has 0 aliphatic carbocycles. The molecule has 0 bridgehead atoms. The summed E-state index contributed by atoms with van der Waals surface area (Å²) >= 11 is 0. The minimum Gasteiger partial charge on any atom is -0.469 e. The third-order valence-electron chi connectivity index (χ3n) is 4.34. The van der Waals surface area contributed by atoms with E-state index in [1.54, 1.807) is 0 Å². The van der Waals surface area contributed by atoms with Gasteiger partial charge in [-0.2, -0.15) is 0 Å². The Morgan fingerprint density at radius 3 is 2.55 bits per heavy atom. The lowest BCUT2D eigenvalue weighted by Crippen LogP contribution is -2.40. The van der Waals surface area contributed by atoms with E-state index in [1.807, 2.05) is 4.90 Å². The average molecular weight is 283 g/mol. The summed E-state index contributed by atoms with van der Waals surface area (Å²) in [6.45, 7) is 2.18. The minimum atomic E-state index is -0.146. The third kappa shape index (κ3) is 4.20. The highest BCUT2D eigenvalue weighted by Crippen LogP contribution is 2.21. The maximum Gasteiger partial charge on any atom is 0.308 e. The smallest absolute Gasteiger partial charge is 0.308 e. The van der Waals surface area contributed by atoms with E-state index in [1.165, 1.54) is 13.5 Å². The van der Waals surface area contributed by atoms with Gasteiger partial charge in [-0.1, -0.05) is 0 Å². The highest BCUT2D eigenvalue weighted by atomic mass is 16.5. The van der Waals surface area contributed by atoms with Crippen molar-refractivity contribution in [2.75, 3.05) is 26.8 Å². The molecule has 0 spiro atoms. The van der Waals surface area contributed by atoms with Crippen molar-refractivity contribution < 1.29 is 19.1 Å². The molecule has 2 saturated heterocycles. The Bertz CT molecular complexity index is 331. The molecule has 5 heteroatoms. The second kappa shape index (κ2) is 7.62. The van der Waals surface area contributed by atoms with Gasteiger partial charge in [-0.15, -0.1) is 0 Å². The lowest BCUT2D eigenvalue weighted by atomic mass is 9.96. The van der Waals surface area contributed by atoms with E-state index in [-0.39, 0.29) is 23.9 Å². The van der Waals surface area contributed by atoms with Crippen LogP contribution in [0.5, 0.6) is 0 Å². The molecule has 2 aliphatic rings. The standard InChI is InChI=1S/C15H25NO4/c1-19-15(18)12-7-9-16(10-8-12)14(17)6-5-13-4-2-3-11-20-13/h12-13H,2-11H2,1H3. The number of methoxy groups -OCH3 is 1. The molecule has 0 saturated carbocycles. The Balaban J connectivity index is 1.67. The fourth-order valence-electron chi connectivity index (χ4n) is 3.01. The number of carbonyl (C=O) groups is 2. The van der Waals surface area contributed by atoms with Gasteiger partial charge in [0.1, 0.15) is 0 Å². The summed E-state index contributed by atoms with van der Waals surface area (Å²) in [5, 5.41) is 0.